The molecule has 1 fully saturated rings. The van der Waals surface area contributed by atoms with E-state index in [1.807, 2.05) is 0 Å². The van der Waals surface area contributed by atoms with E-state index in [9.17, 15) is 18.0 Å². The molecule has 0 unspecified atom stereocenters. The van der Waals surface area contributed by atoms with Gasteiger partial charge in [-0.3, -0.25) is 9.78 Å². The molecule has 21 heavy (non-hydrogen) atoms. The molecule has 2 N–H and O–H groups in total. The van der Waals surface area contributed by atoms with Crippen molar-refractivity contribution < 1.29 is 18.0 Å². The zero-order chi connectivity index (χ0) is 15.6. The number of carbonyl (C=O) groups is 1. The predicted octanol–water partition coefficient (Wildman–Crippen LogP) is 2.38. The van der Waals surface area contributed by atoms with Crippen LogP contribution in [0, 0.1) is 0 Å². The van der Waals surface area contributed by atoms with Gasteiger partial charge >= 0.3 is 6.18 Å². The quantitative estimate of drug-likeness (QED) is 0.847. The summed E-state index contributed by atoms with van der Waals surface area (Å²) in [6, 6.07) is 2.07. The van der Waals surface area contributed by atoms with Crippen molar-refractivity contribution in [1.82, 2.24) is 9.88 Å². The van der Waals surface area contributed by atoms with Gasteiger partial charge in [-0.2, -0.15) is 13.2 Å². The topological polar surface area (TPSA) is 59.2 Å². The molecule has 2 rings (SSSR count). The summed E-state index contributed by atoms with van der Waals surface area (Å²) in [6.45, 7) is 0.363. The van der Waals surface area contributed by atoms with Crippen molar-refractivity contribution in [1.29, 1.82) is 0 Å². The molecular weight excluding hydrogens is 303 g/mol. The van der Waals surface area contributed by atoms with E-state index in [0.29, 0.717) is 24.2 Å². The SMILES string of the molecule is NC(=S)CCN(C(=O)c1ccc(C(F)(F)F)cn1)C1CC1. The monoisotopic (exact) mass is 317 g/mol. The van der Waals surface area contributed by atoms with Crippen LogP contribution in [0.4, 0.5) is 13.2 Å². The smallest absolute Gasteiger partial charge is 0.393 e. The van der Waals surface area contributed by atoms with Crippen LogP contribution in [0.15, 0.2) is 18.3 Å². The number of hydrogen-bond donors (Lipinski definition) is 1. The fraction of sp³-hybridized carbons (Fsp3) is 0.462. The molecule has 0 atom stereocenters. The Labute approximate surface area is 125 Å². The second-order valence-corrected chi connectivity index (χ2v) is 5.40. The summed E-state index contributed by atoms with van der Waals surface area (Å²) in [5.74, 6) is -0.387. The molecule has 1 aliphatic carbocycles. The number of amides is 1. The largest absolute Gasteiger partial charge is 0.417 e. The van der Waals surface area contributed by atoms with Crippen LogP contribution in [-0.2, 0) is 6.18 Å². The number of nitrogens with two attached hydrogens (primary N) is 1. The van der Waals surface area contributed by atoms with E-state index in [-0.39, 0.29) is 17.6 Å². The maximum absolute atomic E-state index is 12.5. The lowest BCUT2D eigenvalue weighted by Crippen LogP contribution is -2.36. The summed E-state index contributed by atoms with van der Waals surface area (Å²) in [5, 5.41) is 0. The molecule has 1 aromatic heterocycles. The predicted molar refractivity (Wildman–Crippen MR) is 74.7 cm³/mol. The van der Waals surface area contributed by atoms with E-state index in [4.69, 9.17) is 18.0 Å². The van der Waals surface area contributed by atoms with Crippen LogP contribution in [-0.4, -0.2) is 33.4 Å². The number of hydrogen-bond acceptors (Lipinski definition) is 3. The van der Waals surface area contributed by atoms with E-state index >= 15 is 0 Å². The highest BCUT2D eigenvalue weighted by atomic mass is 32.1. The Balaban J connectivity index is 2.11. The minimum absolute atomic E-state index is 0.00200. The maximum atomic E-state index is 12.5. The van der Waals surface area contributed by atoms with Gasteiger partial charge in [0.1, 0.15) is 5.69 Å². The molecule has 0 aliphatic heterocycles. The van der Waals surface area contributed by atoms with Gasteiger partial charge in [0.25, 0.3) is 5.91 Å². The first-order valence-corrected chi connectivity index (χ1v) is 6.82. The summed E-state index contributed by atoms with van der Waals surface area (Å²) < 4.78 is 37.4. The molecule has 1 amide bonds. The summed E-state index contributed by atoms with van der Waals surface area (Å²) in [7, 11) is 0. The molecule has 1 saturated carbocycles. The Morgan fingerprint density at radius 3 is 2.52 bits per heavy atom. The summed E-state index contributed by atoms with van der Waals surface area (Å²) in [4.78, 5) is 17.8. The first-order chi connectivity index (χ1) is 9.79. The Bertz CT molecular complexity index is 541. The average Bonchev–Trinajstić information content (AvgIpc) is 3.22. The lowest BCUT2D eigenvalue weighted by atomic mass is 10.2. The third-order valence-corrected chi connectivity index (χ3v) is 3.36. The molecule has 0 aromatic carbocycles. The number of halogens is 3. The first-order valence-electron chi connectivity index (χ1n) is 6.41. The summed E-state index contributed by atoms with van der Waals surface area (Å²) >= 11 is 4.78. The van der Waals surface area contributed by atoms with E-state index in [2.05, 4.69) is 4.98 Å². The Hall–Kier alpha value is -1.70. The molecule has 0 radical (unpaired) electrons. The zero-order valence-electron chi connectivity index (χ0n) is 11.1. The third kappa shape index (κ3) is 4.13. The lowest BCUT2D eigenvalue weighted by Gasteiger charge is -2.21. The van der Waals surface area contributed by atoms with Crippen LogP contribution in [0.3, 0.4) is 0 Å². The molecule has 1 aliphatic rings. The number of alkyl halides is 3. The zero-order valence-corrected chi connectivity index (χ0v) is 11.9. The van der Waals surface area contributed by atoms with Crippen LogP contribution >= 0.6 is 12.2 Å². The maximum Gasteiger partial charge on any atom is 0.417 e. The highest BCUT2D eigenvalue weighted by Crippen LogP contribution is 2.30. The van der Waals surface area contributed by atoms with E-state index < -0.39 is 11.7 Å². The van der Waals surface area contributed by atoms with Gasteiger partial charge in [-0.05, 0) is 25.0 Å². The minimum Gasteiger partial charge on any atom is -0.393 e. The lowest BCUT2D eigenvalue weighted by molar-refractivity contribution is -0.137. The molecule has 0 spiro atoms. The van der Waals surface area contributed by atoms with Crippen molar-refractivity contribution in [2.24, 2.45) is 5.73 Å². The fourth-order valence-corrected chi connectivity index (χ4v) is 1.99. The van der Waals surface area contributed by atoms with Crippen LogP contribution in [0.2, 0.25) is 0 Å². The van der Waals surface area contributed by atoms with Crippen LogP contribution in [0.5, 0.6) is 0 Å². The van der Waals surface area contributed by atoms with E-state index in [1.165, 1.54) is 0 Å². The Morgan fingerprint density at radius 2 is 2.10 bits per heavy atom. The highest BCUT2D eigenvalue weighted by molar-refractivity contribution is 7.80. The van der Waals surface area contributed by atoms with Crippen molar-refractivity contribution in [3.05, 3.63) is 29.6 Å². The number of pyridine rings is 1. The minimum atomic E-state index is -4.46. The number of thiocarbonyl (C=S) groups is 1. The van der Waals surface area contributed by atoms with Crippen LogP contribution < -0.4 is 5.73 Å². The second kappa shape index (κ2) is 5.97. The molecule has 1 heterocycles. The van der Waals surface area contributed by atoms with Gasteiger partial charge in [-0.15, -0.1) is 0 Å². The Kier molecular flexibility index (Phi) is 4.46. The molecule has 4 nitrogen and oxygen atoms in total. The summed E-state index contributed by atoms with van der Waals surface area (Å²) in [6.07, 6.45) is -1.64. The van der Waals surface area contributed by atoms with Crippen molar-refractivity contribution in [2.75, 3.05) is 6.54 Å². The van der Waals surface area contributed by atoms with Crippen LogP contribution in [0.1, 0.15) is 35.3 Å². The Morgan fingerprint density at radius 1 is 1.43 bits per heavy atom. The second-order valence-electron chi connectivity index (χ2n) is 4.88. The molecule has 114 valence electrons. The number of carbonyl (C=O) groups excluding carboxylic acids is 1. The molecule has 1 aromatic rings. The van der Waals surface area contributed by atoms with Gasteiger partial charge in [-0.1, -0.05) is 12.2 Å². The average molecular weight is 317 g/mol. The molecule has 0 bridgehead atoms. The molecule has 0 saturated heterocycles. The van der Waals surface area contributed by atoms with Gasteiger partial charge in [0.05, 0.1) is 10.6 Å². The van der Waals surface area contributed by atoms with Gasteiger partial charge in [0.15, 0.2) is 0 Å². The normalized spacial score (nSPS) is 14.8. The number of nitrogens with zero attached hydrogens (tertiary/aromatic N) is 2. The van der Waals surface area contributed by atoms with Crippen molar-refractivity contribution in [2.45, 2.75) is 31.5 Å². The van der Waals surface area contributed by atoms with E-state index in [0.717, 1.165) is 25.0 Å². The van der Waals surface area contributed by atoms with E-state index in [1.54, 1.807) is 4.90 Å². The first kappa shape index (κ1) is 15.7. The fourth-order valence-electron chi connectivity index (χ4n) is 1.90. The molecular formula is C13H14F3N3OS. The number of aromatic nitrogens is 1. The van der Waals surface area contributed by atoms with Gasteiger partial charge in [-0.25, -0.2) is 0 Å². The van der Waals surface area contributed by atoms with Crippen molar-refractivity contribution in [3.63, 3.8) is 0 Å². The number of rotatable bonds is 5. The van der Waals surface area contributed by atoms with Gasteiger partial charge in [0.2, 0.25) is 0 Å². The summed E-state index contributed by atoms with van der Waals surface area (Å²) in [5.41, 5.74) is 4.54. The van der Waals surface area contributed by atoms with Gasteiger partial charge in [0, 0.05) is 25.2 Å². The highest BCUT2D eigenvalue weighted by Gasteiger charge is 2.34. The van der Waals surface area contributed by atoms with Crippen LogP contribution in [0.25, 0.3) is 0 Å². The van der Waals surface area contributed by atoms with Gasteiger partial charge < -0.3 is 10.6 Å². The molecule has 8 heteroatoms. The van der Waals surface area contributed by atoms with Crippen molar-refractivity contribution in [3.8, 4) is 0 Å². The standard InChI is InChI=1S/C13H14F3N3OS/c14-13(15,16)8-1-4-10(18-7-8)12(20)19(9-2-3-9)6-5-11(17)21/h1,4,7,9H,2-3,5-6H2,(H2,17,21). The van der Waals surface area contributed by atoms with Crippen molar-refractivity contribution >= 4 is 23.1 Å². The third-order valence-electron chi connectivity index (χ3n) is 3.16.